The van der Waals surface area contributed by atoms with Crippen LogP contribution in [0.15, 0.2) is 30.6 Å². The molecular formula is C12H16N4. The fourth-order valence-corrected chi connectivity index (χ4v) is 1.54. The quantitative estimate of drug-likeness (QED) is 0.850. The Hall–Kier alpha value is -1.84. The third-order valence-corrected chi connectivity index (χ3v) is 2.30. The van der Waals surface area contributed by atoms with Gasteiger partial charge < -0.3 is 5.32 Å². The van der Waals surface area contributed by atoms with Gasteiger partial charge in [0.25, 0.3) is 0 Å². The molecule has 2 aromatic heterocycles. The number of hydrogen-bond acceptors (Lipinski definition) is 3. The van der Waals surface area contributed by atoms with Crippen molar-refractivity contribution >= 4 is 5.82 Å². The number of hydrogen-bond donors (Lipinski definition) is 1. The van der Waals surface area contributed by atoms with Crippen LogP contribution in [0.3, 0.4) is 0 Å². The summed E-state index contributed by atoms with van der Waals surface area (Å²) in [6.07, 6.45) is 3.86. The molecule has 16 heavy (non-hydrogen) atoms. The minimum absolute atomic E-state index is 0.771. The van der Waals surface area contributed by atoms with Crippen LogP contribution in [-0.4, -0.2) is 21.3 Å². The Bertz CT molecular complexity index is 444. The standard InChI is InChI=1S/C12H16N4/c1-3-13-12-5-4-11(8-14-12)9-16-7-6-10(2)15-16/h4-8H,3,9H2,1-2H3,(H,13,14). The van der Waals surface area contributed by atoms with Gasteiger partial charge in [0.1, 0.15) is 5.82 Å². The van der Waals surface area contributed by atoms with Crippen molar-refractivity contribution < 1.29 is 0 Å². The number of pyridine rings is 1. The Kier molecular flexibility index (Phi) is 3.19. The van der Waals surface area contributed by atoms with E-state index in [1.165, 1.54) is 0 Å². The molecule has 0 aliphatic rings. The maximum absolute atomic E-state index is 4.34. The Morgan fingerprint density at radius 3 is 2.75 bits per heavy atom. The topological polar surface area (TPSA) is 42.7 Å². The third-order valence-electron chi connectivity index (χ3n) is 2.30. The number of nitrogens with one attached hydrogen (secondary N) is 1. The van der Waals surface area contributed by atoms with Gasteiger partial charge in [-0.05, 0) is 31.5 Å². The molecule has 0 fully saturated rings. The summed E-state index contributed by atoms with van der Waals surface area (Å²) in [5, 5.41) is 7.51. The Morgan fingerprint density at radius 2 is 2.19 bits per heavy atom. The van der Waals surface area contributed by atoms with Crippen LogP contribution >= 0.6 is 0 Å². The van der Waals surface area contributed by atoms with Gasteiger partial charge in [0, 0.05) is 18.9 Å². The van der Waals surface area contributed by atoms with Crippen molar-refractivity contribution in [2.24, 2.45) is 0 Å². The molecule has 1 N–H and O–H groups in total. The lowest BCUT2D eigenvalue weighted by molar-refractivity contribution is 0.677. The van der Waals surface area contributed by atoms with Crippen LogP contribution in [0, 0.1) is 6.92 Å². The van der Waals surface area contributed by atoms with Gasteiger partial charge in [-0.3, -0.25) is 4.68 Å². The first-order valence-electron chi connectivity index (χ1n) is 5.47. The fraction of sp³-hybridized carbons (Fsp3) is 0.333. The Morgan fingerprint density at radius 1 is 1.31 bits per heavy atom. The van der Waals surface area contributed by atoms with Gasteiger partial charge in [-0.15, -0.1) is 0 Å². The van der Waals surface area contributed by atoms with E-state index >= 15 is 0 Å². The first kappa shape index (κ1) is 10.7. The molecule has 4 nitrogen and oxygen atoms in total. The van der Waals surface area contributed by atoms with E-state index in [9.17, 15) is 0 Å². The van der Waals surface area contributed by atoms with Gasteiger partial charge in [-0.1, -0.05) is 6.07 Å². The van der Waals surface area contributed by atoms with Gasteiger partial charge in [-0.2, -0.15) is 5.10 Å². The lowest BCUT2D eigenvalue weighted by Crippen LogP contribution is -2.03. The van der Waals surface area contributed by atoms with Gasteiger partial charge in [0.05, 0.1) is 12.2 Å². The molecular weight excluding hydrogens is 200 g/mol. The zero-order valence-corrected chi connectivity index (χ0v) is 9.64. The predicted molar refractivity (Wildman–Crippen MR) is 64.5 cm³/mol. The molecule has 0 aliphatic carbocycles. The molecule has 0 bridgehead atoms. The summed E-state index contributed by atoms with van der Waals surface area (Å²) in [5.74, 6) is 0.919. The summed E-state index contributed by atoms with van der Waals surface area (Å²) in [7, 11) is 0. The molecule has 0 unspecified atom stereocenters. The van der Waals surface area contributed by atoms with Gasteiger partial charge in [0.2, 0.25) is 0 Å². The van der Waals surface area contributed by atoms with Crippen molar-refractivity contribution in [2.75, 3.05) is 11.9 Å². The predicted octanol–water partition coefficient (Wildman–Crippen LogP) is 2.07. The number of rotatable bonds is 4. The Labute approximate surface area is 95.3 Å². The average molecular weight is 216 g/mol. The summed E-state index contributed by atoms with van der Waals surface area (Å²) in [6, 6.07) is 6.07. The number of anilines is 1. The number of aryl methyl sites for hydroxylation is 1. The molecule has 84 valence electrons. The molecule has 0 saturated carbocycles. The zero-order chi connectivity index (χ0) is 11.4. The second-order valence-electron chi connectivity index (χ2n) is 3.74. The summed E-state index contributed by atoms with van der Waals surface area (Å²) < 4.78 is 1.92. The smallest absolute Gasteiger partial charge is 0.125 e. The second kappa shape index (κ2) is 4.79. The molecule has 0 aromatic carbocycles. The van der Waals surface area contributed by atoms with Crippen LogP contribution < -0.4 is 5.32 Å². The summed E-state index contributed by atoms with van der Waals surface area (Å²) in [4.78, 5) is 4.32. The highest BCUT2D eigenvalue weighted by Gasteiger charge is 1.98. The van der Waals surface area contributed by atoms with E-state index in [-0.39, 0.29) is 0 Å². The maximum Gasteiger partial charge on any atom is 0.125 e. The maximum atomic E-state index is 4.34. The molecule has 0 radical (unpaired) electrons. The van der Waals surface area contributed by atoms with E-state index in [0.717, 1.165) is 30.2 Å². The lowest BCUT2D eigenvalue weighted by atomic mass is 10.3. The zero-order valence-electron chi connectivity index (χ0n) is 9.64. The monoisotopic (exact) mass is 216 g/mol. The van der Waals surface area contributed by atoms with E-state index in [0.29, 0.717) is 0 Å². The van der Waals surface area contributed by atoms with E-state index in [1.54, 1.807) is 0 Å². The lowest BCUT2D eigenvalue weighted by Gasteiger charge is -2.04. The van der Waals surface area contributed by atoms with Crippen molar-refractivity contribution in [3.63, 3.8) is 0 Å². The minimum atomic E-state index is 0.771. The van der Waals surface area contributed by atoms with Gasteiger partial charge in [0.15, 0.2) is 0 Å². The van der Waals surface area contributed by atoms with Crippen LogP contribution in [0.25, 0.3) is 0 Å². The normalized spacial score (nSPS) is 10.4. The summed E-state index contributed by atoms with van der Waals surface area (Å²) in [6.45, 7) is 5.71. The molecule has 4 heteroatoms. The Balaban J connectivity index is 2.05. The highest BCUT2D eigenvalue weighted by molar-refractivity contribution is 5.35. The van der Waals surface area contributed by atoms with Crippen LogP contribution in [-0.2, 0) is 6.54 Å². The summed E-state index contributed by atoms with van der Waals surface area (Å²) >= 11 is 0. The van der Waals surface area contributed by atoms with E-state index in [1.807, 2.05) is 36.1 Å². The van der Waals surface area contributed by atoms with Gasteiger partial charge >= 0.3 is 0 Å². The van der Waals surface area contributed by atoms with Crippen molar-refractivity contribution in [1.82, 2.24) is 14.8 Å². The fourth-order valence-electron chi connectivity index (χ4n) is 1.54. The number of nitrogens with zero attached hydrogens (tertiary/aromatic N) is 3. The van der Waals surface area contributed by atoms with E-state index < -0.39 is 0 Å². The summed E-state index contributed by atoms with van der Waals surface area (Å²) in [5.41, 5.74) is 2.20. The average Bonchev–Trinajstić information content (AvgIpc) is 2.67. The van der Waals surface area contributed by atoms with Gasteiger partial charge in [-0.25, -0.2) is 4.98 Å². The van der Waals surface area contributed by atoms with Crippen LogP contribution in [0.2, 0.25) is 0 Å². The van der Waals surface area contributed by atoms with Crippen LogP contribution in [0.5, 0.6) is 0 Å². The molecule has 0 saturated heterocycles. The highest BCUT2D eigenvalue weighted by Crippen LogP contribution is 2.06. The minimum Gasteiger partial charge on any atom is -0.370 e. The van der Waals surface area contributed by atoms with Crippen LogP contribution in [0.1, 0.15) is 18.2 Å². The van der Waals surface area contributed by atoms with Crippen molar-refractivity contribution in [3.8, 4) is 0 Å². The highest BCUT2D eigenvalue weighted by atomic mass is 15.3. The van der Waals surface area contributed by atoms with Crippen molar-refractivity contribution in [1.29, 1.82) is 0 Å². The largest absolute Gasteiger partial charge is 0.370 e. The van der Waals surface area contributed by atoms with Crippen LogP contribution in [0.4, 0.5) is 5.82 Å². The number of aromatic nitrogens is 3. The molecule has 0 atom stereocenters. The molecule has 0 spiro atoms. The molecule has 2 aromatic rings. The molecule has 2 heterocycles. The first-order chi connectivity index (χ1) is 7.78. The molecule has 2 rings (SSSR count). The SMILES string of the molecule is CCNc1ccc(Cn2ccc(C)n2)cn1. The van der Waals surface area contributed by atoms with Crippen molar-refractivity contribution in [2.45, 2.75) is 20.4 Å². The van der Waals surface area contributed by atoms with E-state index in [4.69, 9.17) is 0 Å². The first-order valence-corrected chi connectivity index (χ1v) is 5.47. The third kappa shape index (κ3) is 2.59. The second-order valence-corrected chi connectivity index (χ2v) is 3.74. The molecule has 0 aliphatic heterocycles. The molecule has 0 amide bonds. The van der Waals surface area contributed by atoms with E-state index in [2.05, 4.69) is 28.4 Å². The van der Waals surface area contributed by atoms with Crippen molar-refractivity contribution in [3.05, 3.63) is 41.9 Å².